The maximum atomic E-state index is 4.69. The van der Waals surface area contributed by atoms with Gasteiger partial charge in [-0.25, -0.2) is 4.98 Å². The van der Waals surface area contributed by atoms with Crippen molar-refractivity contribution in [1.82, 2.24) is 9.97 Å². The predicted molar refractivity (Wildman–Crippen MR) is 111 cm³/mol. The molecule has 1 fully saturated rings. The van der Waals surface area contributed by atoms with E-state index in [1.807, 2.05) is 13.0 Å². The van der Waals surface area contributed by atoms with Crippen LogP contribution in [0.2, 0.25) is 0 Å². The summed E-state index contributed by atoms with van der Waals surface area (Å²) in [6.07, 6.45) is 6.30. The van der Waals surface area contributed by atoms with E-state index >= 15 is 0 Å². The summed E-state index contributed by atoms with van der Waals surface area (Å²) < 4.78 is 0. The molecule has 0 radical (unpaired) electrons. The molecule has 140 valence electrons. The zero-order chi connectivity index (χ0) is 18.4. The highest BCUT2D eigenvalue weighted by atomic mass is 15.2. The van der Waals surface area contributed by atoms with Gasteiger partial charge in [0, 0.05) is 49.8 Å². The Hall–Kier alpha value is -2.30. The first-order chi connectivity index (χ1) is 12.7. The molecular weight excluding hydrogens is 322 g/mol. The van der Waals surface area contributed by atoms with Crippen LogP contribution in [0.3, 0.4) is 0 Å². The van der Waals surface area contributed by atoms with Crippen LogP contribution in [0.5, 0.6) is 0 Å². The van der Waals surface area contributed by atoms with E-state index in [1.54, 1.807) is 0 Å². The number of benzene rings is 1. The van der Waals surface area contributed by atoms with Crippen LogP contribution >= 0.6 is 0 Å². The number of unbranched alkanes of at least 4 members (excludes halogenated alkanes) is 1. The maximum absolute atomic E-state index is 4.69. The fraction of sp³-hybridized carbons (Fsp3) is 0.524. The van der Waals surface area contributed by atoms with Crippen LogP contribution < -0.4 is 15.1 Å². The summed E-state index contributed by atoms with van der Waals surface area (Å²) >= 11 is 0. The standard InChI is InChI=1S/C21H31N5/c1-4-5-13-25(3)20-16-17(2)22-21(24-20)23-18-9-11-19(12-10-18)26-14-7-6-8-15-26/h9-12,16H,4-8,13-15H2,1-3H3,(H,22,23,24). The number of anilines is 4. The quantitative estimate of drug-likeness (QED) is 0.778. The van der Waals surface area contributed by atoms with Crippen LogP contribution in [-0.2, 0) is 0 Å². The average molecular weight is 354 g/mol. The first-order valence-corrected chi connectivity index (χ1v) is 9.84. The molecule has 1 N–H and O–H groups in total. The first-order valence-electron chi connectivity index (χ1n) is 9.84. The van der Waals surface area contributed by atoms with E-state index in [1.165, 1.54) is 50.9 Å². The van der Waals surface area contributed by atoms with Crippen LogP contribution in [0, 0.1) is 6.92 Å². The minimum atomic E-state index is 0.661. The second-order valence-electron chi connectivity index (χ2n) is 7.19. The van der Waals surface area contributed by atoms with E-state index < -0.39 is 0 Å². The van der Waals surface area contributed by atoms with Crippen LogP contribution in [0.15, 0.2) is 30.3 Å². The Labute approximate surface area is 157 Å². The van der Waals surface area contributed by atoms with Gasteiger partial charge >= 0.3 is 0 Å². The number of rotatable bonds is 7. The van der Waals surface area contributed by atoms with E-state index in [0.717, 1.165) is 23.7 Å². The smallest absolute Gasteiger partial charge is 0.229 e. The monoisotopic (exact) mass is 353 g/mol. The lowest BCUT2D eigenvalue weighted by Crippen LogP contribution is -2.29. The number of piperidine rings is 1. The van der Waals surface area contributed by atoms with Gasteiger partial charge in [-0.3, -0.25) is 0 Å². The molecule has 0 unspecified atom stereocenters. The maximum Gasteiger partial charge on any atom is 0.229 e. The molecule has 5 heteroatoms. The van der Waals surface area contributed by atoms with Crippen molar-refractivity contribution in [2.75, 3.05) is 41.8 Å². The van der Waals surface area contributed by atoms with Gasteiger partial charge in [0.2, 0.25) is 5.95 Å². The molecule has 3 rings (SSSR count). The molecule has 5 nitrogen and oxygen atoms in total. The third-order valence-electron chi connectivity index (χ3n) is 4.92. The van der Waals surface area contributed by atoms with Crippen molar-refractivity contribution in [3.8, 4) is 0 Å². The van der Waals surface area contributed by atoms with Gasteiger partial charge in [-0.05, 0) is 56.9 Å². The summed E-state index contributed by atoms with van der Waals surface area (Å²) in [5, 5.41) is 3.36. The molecule has 0 atom stereocenters. The lowest BCUT2D eigenvalue weighted by atomic mass is 10.1. The third kappa shape index (κ3) is 4.87. The largest absolute Gasteiger partial charge is 0.372 e. The Balaban J connectivity index is 1.69. The zero-order valence-electron chi connectivity index (χ0n) is 16.3. The van der Waals surface area contributed by atoms with Crippen molar-refractivity contribution in [1.29, 1.82) is 0 Å². The van der Waals surface area contributed by atoms with E-state index in [2.05, 4.69) is 63.3 Å². The fourth-order valence-electron chi connectivity index (χ4n) is 3.35. The Morgan fingerprint density at radius 1 is 1.08 bits per heavy atom. The Kier molecular flexibility index (Phi) is 6.31. The summed E-state index contributed by atoms with van der Waals surface area (Å²) in [7, 11) is 2.09. The summed E-state index contributed by atoms with van der Waals surface area (Å²) in [4.78, 5) is 13.9. The van der Waals surface area contributed by atoms with Gasteiger partial charge in [-0.1, -0.05) is 13.3 Å². The van der Waals surface area contributed by atoms with Gasteiger partial charge < -0.3 is 15.1 Å². The molecule has 1 saturated heterocycles. The molecule has 2 aromatic rings. The van der Waals surface area contributed by atoms with Crippen molar-refractivity contribution in [3.63, 3.8) is 0 Å². The topological polar surface area (TPSA) is 44.3 Å². The summed E-state index contributed by atoms with van der Waals surface area (Å²) in [6, 6.07) is 10.7. The normalized spacial score (nSPS) is 14.3. The van der Waals surface area contributed by atoms with E-state index in [-0.39, 0.29) is 0 Å². The number of hydrogen-bond acceptors (Lipinski definition) is 5. The lowest BCUT2D eigenvalue weighted by Gasteiger charge is -2.28. The molecule has 0 amide bonds. The van der Waals surface area contributed by atoms with Gasteiger partial charge in [0.05, 0.1) is 0 Å². The van der Waals surface area contributed by atoms with Crippen LogP contribution in [-0.4, -0.2) is 36.6 Å². The van der Waals surface area contributed by atoms with Crippen molar-refractivity contribution in [2.45, 2.75) is 46.0 Å². The number of hydrogen-bond donors (Lipinski definition) is 1. The lowest BCUT2D eigenvalue weighted by molar-refractivity contribution is 0.578. The highest BCUT2D eigenvalue weighted by Crippen LogP contribution is 2.23. The van der Waals surface area contributed by atoms with Gasteiger partial charge in [0.1, 0.15) is 5.82 Å². The molecule has 1 aromatic heterocycles. The summed E-state index contributed by atoms with van der Waals surface area (Å²) in [6.45, 7) is 7.57. The molecule has 0 aliphatic carbocycles. The van der Waals surface area contributed by atoms with Crippen LogP contribution in [0.1, 0.15) is 44.7 Å². The van der Waals surface area contributed by atoms with Crippen molar-refractivity contribution < 1.29 is 0 Å². The zero-order valence-corrected chi connectivity index (χ0v) is 16.3. The van der Waals surface area contributed by atoms with Gasteiger partial charge in [-0.2, -0.15) is 4.98 Å². The van der Waals surface area contributed by atoms with Crippen LogP contribution in [0.4, 0.5) is 23.1 Å². The molecule has 1 aliphatic rings. The number of nitrogens with zero attached hydrogens (tertiary/aromatic N) is 4. The molecule has 2 heterocycles. The molecule has 1 aliphatic heterocycles. The minimum absolute atomic E-state index is 0.661. The molecule has 0 bridgehead atoms. The van der Waals surface area contributed by atoms with Crippen molar-refractivity contribution in [2.24, 2.45) is 0 Å². The van der Waals surface area contributed by atoms with E-state index in [0.29, 0.717) is 5.95 Å². The number of aromatic nitrogens is 2. The molecule has 1 aromatic carbocycles. The van der Waals surface area contributed by atoms with Gasteiger partial charge in [0.25, 0.3) is 0 Å². The first kappa shape index (κ1) is 18.5. The van der Waals surface area contributed by atoms with E-state index in [4.69, 9.17) is 0 Å². The van der Waals surface area contributed by atoms with Gasteiger partial charge in [-0.15, -0.1) is 0 Å². The predicted octanol–water partition coefficient (Wildman–Crippen LogP) is 4.76. The highest BCUT2D eigenvalue weighted by molar-refractivity contribution is 5.60. The third-order valence-corrected chi connectivity index (χ3v) is 4.92. The van der Waals surface area contributed by atoms with Gasteiger partial charge in [0.15, 0.2) is 0 Å². The Bertz CT molecular complexity index is 692. The highest BCUT2D eigenvalue weighted by Gasteiger charge is 2.11. The van der Waals surface area contributed by atoms with Crippen LogP contribution in [0.25, 0.3) is 0 Å². The molecular formula is C21H31N5. The Morgan fingerprint density at radius 3 is 2.50 bits per heavy atom. The molecule has 0 saturated carbocycles. The second kappa shape index (κ2) is 8.88. The summed E-state index contributed by atoms with van der Waals surface area (Å²) in [5.41, 5.74) is 3.31. The molecule has 26 heavy (non-hydrogen) atoms. The number of nitrogens with one attached hydrogen (secondary N) is 1. The van der Waals surface area contributed by atoms with Crippen molar-refractivity contribution in [3.05, 3.63) is 36.0 Å². The van der Waals surface area contributed by atoms with Crippen molar-refractivity contribution >= 4 is 23.1 Å². The SMILES string of the molecule is CCCCN(C)c1cc(C)nc(Nc2ccc(N3CCCCC3)cc2)n1. The Morgan fingerprint density at radius 2 is 1.81 bits per heavy atom. The minimum Gasteiger partial charge on any atom is -0.372 e. The fourth-order valence-corrected chi connectivity index (χ4v) is 3.35. The number of aryl methyl sites for hydroxylation is 1. The second-order valence-corrected chi connectivity index (χ2v) is 7.19. The summed E-state index contributed by atoms with van der Waals surface area (Å²) in [5.74, 6) is 1.63. The molecule has 0 spiro atoms. The average Bonchev–Trinajstić information content (AvgIpc) is 2.67. The van der Waals surface area contributed by atoms with E-state index in [9.17, 15) is 0 Å².